The van der Waals surface area contributed by atoms with Crippen molar-refractivity contribution in [2.45, 2.75) is 30.4 Å². The minimum atomic E-state index is -3.68. The summed E-state index contributed by atoms with van der Waals surface area (Å²) in [5.41, 5.74) is 0.314. The van der Waals surface area contributed by atoms with Crippen molar-refractivity contribution < 1.29 is 18.3 Å². The summed E-state index contributed by atoms with van der Waals surface area (Å²) in [6, 6.07) is 7.21. The number of nitrogens with one attached hydrogen (secondary N) is 2. The van der Waals surface area contributed by atoms with E-state index in [-0.39, 0.29) is 27.1 Å². The van der Waals surface area contributed by atoms with Crippen molar-refractivity contribution in [1.82, 2.24) is 5.32 Å². The van der Waals surface area contributed by atoms with Gasteiger partial charge in [-0.25, -0.2) is 8.42 Å². The molecule has 2 rings (SSSR count). The first kappa shape index (κ1) is 18.3. The number of thiophene rings is 1. The van der Waals surface area contributed by atoms with Crippen molar-refractivity contribution in [2.75, 3.05) is 11.3 Å². The smallest absolute Gasteiger partial charge is 0.271 e. The second-order valence-corrected chi connectivity index (χ2v) is 8.09. The number of sulfonamides is 1. The summed E-state index contributed by atoms with van der Waals surface area (Å²) < 4.78 is 26.8. The molecule has 1 heterocycles. The van der Waals surface area contributed by atoms with E-state index in [1.807, 2.05) is 0 Å². The third-order valence-corrected chi connectivity index (χ3v) is 6.10. The number of amides is 1. The Morgan fingerprint density at radius 2 is 2.04 bits per heavy atom. The monoisotopic (exact) mass is 368 g/mol. The van der Waals surface area contributed by atoms with Gasteiger partial charge in [0.05, 0.1) is 11.3 Å². The van der Waals surface area contributed by atoms with Gasteiger partial charge in [0.15, 0.2) is 0 Å². The molecular weight excluding hydrogens is 348 g/mol. The topological polar surface area (TPSA) is 95.5 Å². The average molecular weight is 368 g/mol. The van der Waals surface area contributed by atoms with E-state index < -0.39 is 10.0 Å². The number of phenols is 1. The third-order valence-electron chi connectivity index (χ3n) is 3.32. The first-order valence-corrected chi connectivity index (χ1v) is 9.98. The predicted octanol–water partition coefficient (Wildman–Crippen LogP) is 3.17. The second-order valence-electron chi connectivity index (χ2n) is 5.23. The molecule has 0 bridgehead atoms. The van der Waals surface area contributed by atoms with E-state index in [1.54, 1.807) is 11.4 Å². The van der Waals surface area contributed by atoms with Gasteiger partial charge in [0.1, 0.15) is 9.96 Å². The van der Waals surface area contributed by atoms with Crippen molar-refractivity contribution in [3.63, 3.8) is 0 Å². The molecular formula is C16H20N2O4S2. The maximum absolute atomic E-state index is 12.1. The lowest BCUT2D eigenvalue weighted by atomic mass is 10.1. The fourth-order valence-corrected chi connectivity index (χ4v) is 4.12. The average Bonchev–Trinajstić information content (AvgIpc) is 3.06. The van der Waals surface area contributed by atoms with Crippen molar-refractivity contribution in [3.05, 3.63) is 41.3 Å². The number of anilines is 1. The minimum Gasteiger partial charge on any atom is -0.507 e. The molecule has 0 atom stereocenters. The highest BCUT2D eigenvalue weighted by Crippen LogP contribution is 2.25. The first-order valence-electron chi connectivity index (χ1n) is 7.61. The van der Waals surface area contributed by atoms with Gasteiger partial charge in [-0.2, -0.15) is 0 Å². The molecule has 1 aromatic heterocycles. The first-order chi connectivity index (χ1) is 11.4. The third kappa shape index (κ3) is 4.72. The van der Waals surface area contributed by atoms with Crippen LogP contribution in [0.1, 0.15) is 36.5 Å². The lowest BCUT2D eigenvalue weighted by Crippen LogP contribution is -2.24. The molecule has 1 amide bonds. The Balaban J connectivity index is 2.05. The summed E-state index contributed by atoms with van der Waals surface area (Å²) in [7, 11) is -3.68. The van der Waals surface area contributed by atoms with Crippen LogP contribution in [0.15, 0.2) is 39.9 Å². The number of aromatic hydroxyl groups is 1. The lowest BCUT2D eigenvalue weighted by Gasteiger charge is -2.10. The van der Waals surface area contributed by atoms with Gasteiger partial charge in [-0.3, -0.25) is 9.52 Å². The van der Waals surface area contributed by atoms with Gasteiger partial charge in [-0.15, -0.1) is 11.3 Å². The molecule has 6 nitrogen and oxygen atoms in total. The number of hydrogen-bond acceptors (Lipinski definition) is 5. The van der Waals surface area contributed by atoms with Crippen molar-refractivity contribution >= 4 is 33.0 Å². The van der Waals surface area contributed by atoms with Gasteiger partial charge in [0.25, 0.3) is 15.9 Å². The Morgan fingerprint density at radius 3 is 2.67 bits per heavy atom. The zero-order valence-electron chi connectivity index (χ0n) is 13.3. The van der Waals surface area contributed by atoms with E-state index in [0.29, 0.717) is 6.54 Å². The molecule has 0 saturated heterocycles. The number of carbonyl (C=O) groups excluding carboxylic acids is 1. The van der Waals surface area contributed by atoms with Crippen LogP contribution in [-0.4, -0.2) is 26.0 Å². The number of carbonyl (C=O) groups is 1. The molecule has 0 unspecified atom stereocenters. The van der Waals surface area contributed by atoms with Crippen LogP contribution < -0.4 is 10.0 Å². The highest BCUT2D eigenvalue weighted by Gasteiger charge is 2.17. The van der Waals surface area contributed by atoms with Crippen LogP contribution in [0.2, 0.25) is 0 Å². The maximum atomic E-state index is 12.1. The highest BCUT2D eigenvalue weighted by atomic mass is 32.2. The molecule has 2 aromatic rings. The van der Waals surface area contributed by atoms with E-state index in [2.05, 4.69) is 17.0 Å². The standard InChI is InChI=1S/C16H20N2O4S2/c1-2-3-4-9-17-16(20)13-8-7-12(11-14(13)19)18-24(21,22)15-6-5-10-23-15/h5-8,10-11,18-19H,2-4,9H2,1H3,(H,17,20). The lowest BCUT2D eigenvalue weighted by molar-refractivity contribution is 0.0950. The molecule has 24 heavy (non-hydrogen) atoms. The molecule has 3 N–H and O–H groups in total. The van der Waals surface area contributed by atoms with Gasteiger partial charge in [-0.1, -0.05) is 25.8 Å². The number of hydrogen-bond donors (Lipinski definition) is 3. The van der Waals surface area contributed by atoms with Gasteiger partial charge in [-0.05, 0) is 30.0 Å². The largest absolute Gasteiger partial charge is 0.507 e. The number of phenolic OH excluding ortho intramolecular Hbond substituents is 1. The van der Waals surface area contributed by atoms with Crippen LogP contribution in [-0.2, 0) is 10.0 Å². The van der Waals surface area contributed by atoms with Gasteiger partial charge in [0, 0.05) is 12.6 Å². The van der Waals surface area contributed by atoms with E-state index in [4.69, 9.17) is 0 Å². The number of benzene rings is 1. The Bertz CT molecular complexity index is 786. The predicted molar refractivity (Wildman–Crippen MR) is 95.1 cm³/mol. The fraction of sp³-hybridized carbons (Fsp3) is 0.312. The number of rotatable bonds is 8. The summed E-state index contributed by atoms with van der Waals surface area (Å²) >= 11 is 1.10. The second kappa shape index (κ2) is 8.16. The normalized spacial score (nSPS) is 11.2. The number of unbranched alkanes of at least 4 members (excludes halogenated alkanes) is 2. The maximum Gasteiger partial charge on any atom is 0.271 e. The van der Waals surface area contributed by atoms with Crippen LogP contribution in [0, 0.1) is 0 Å². The van der Waals surface area contributed by atoms with Crippen molar-refractivity contribution in [2.24, 2.45) is 0 Å². The van der Waals surface area contributed by atoms with E-state index >= 15 is 0 Å². The molecule has 0 fully saturated rings. The van der Waals surface area contributed by atoms with Crippen molar-refractivity contribution in [1.29, 1.82) is 0 Å². The van der Waals surface area contributed by atoms with Crippen LogP contribution in [0.25, 0.3) is 0 Å². The highest BCUT2D eigenvalue weighted by molar-refractivity contribution is 7.94. The summed E-state index contributed by atoms with van der Waals surface area (Å²) in [5.74, 6) is -0.648. The summed E-state index contributed by atoms with van der Waals surface area (Å²) in [6.07, 6.45) is 2.96. The van der Waals surface area contributed by atoms with Gasteiger partial charge < -0.3 is 10.4 Å². The molecule has 8 heteroatoms. The fourth-order valence-electron chi connectivity index (χ4n) is 2.08. The summed E-state index contributed by atoms with van der Waals surface area (Å²) in [5, 5.41) is 14.4. The van der Waals surface area contributed by atoms with E-state index in [0.717, 1.165) is 30.6 Å². The van der Waals surface area contributed by atoms with Crippen LogP contribution >= 0.6 is 11.3 Å². The Hall–Kier alpha value is -2.06. The molecule has 0 aliphatic heterocycles. The Morgan fingerprint density at radius 1 is 1.25 bits per heavy atom. The van der Waals surface area contributed by atoms with E-state index in [1.165, 1.54) is 24.3 Å². The van der Waals surface area contributed by atoms with Crippen molar-refractivity contribution in [3.8, 4) is 5.75 Å². The zero-order chi connectivity index (χ0) is 17.6. The van der Waals surface area contributed by atoms with Crippen LogP contribution in [0.4, 0.5) is 5.69 Å². The Labute approximate surface area is 145 Å². The van der Waals surface area contributed by atoms with E-state index in [9.17, 15) is 18.3 Å². The summed E-state index contributed by atoms with van der Waals surface area (Å²) in [6.45, 7) is 2.61. The molecule has 130 valence electrons. The molecule has 1 aromatic carbocycles. The molecule has 0 spiro atoms. The Kier molecular flexibility index (Phi) is 6.22. The molecule has 0 saturated carbocycles. The molecule has 0 aliphatic rings. The van der Waals surface area contributed by atoms with Gasteiger partial charge >= 0.3 is 0 Å². The van der Waals surface area contributed by atoms with Gasteiger partial charge in [0.2, 0.25) is 0 Å². The minimum absolute atomic E-state index is 0.116. The quantitative estimate of drug-likeness (QED) is 0.624. The zero-order valence-corrected chi connectivity index (χ0v) is 14.9. The molecule has 0 radical (unpaired) electrons. The summed E-state index contributed by atoms with van der Waals surface area (Å²) in [4.78, 5) is 12.0. The SMILES string of the molecule is CCCCCNC(=O)c1ccc(NS(=O)(=O)c2cccs2)cc1O. The molecule has 0 aliphatic carbocycles. The van der Waals surface area contributed by atoms with Crippen LogP contribution in [0.5, 0.6) is 5.75 Å². The van der Waals surface area contributed by atoms with Crippen LogP contribution in [0.3, 0.4) is 0 Å².